The van der Waals surface area contributed by atoms with Crippen molar-refractivity contribution in [1.82, 2.24) is 10.2 Å². The van der Waals surface area contributed by atoms with Crippen molar-refractivity contribution in [3.63, 3.8) is 0 Å². The molecule has 3 rings (SSSR count). The minimum atomic E-state index is -0.539. The number of carbonyl (C=O) groups excluding carboxylic acids is 2. The third-order valence-electron chi connectivity index (χ3n) is 4.53. The van der Waals surface area contributed by atoms with Crippen LogP contribution >= 0.6 is 12.4 Å². The highest BCUT2D eigenvalue weighted by molar-refractivity contribution is 6.02. The van der Waals surface area contributed by atoms with Crippen molar-refractivity contribution in [2.24, 2.45) is 0 Å². The van der Waals surface area contributed by atoms with E-state index < -0.39 is 4.92 Å². The zero-order chi connectivity index (χ0) is 18.0. The van der Waals surface area contributed by atoms with E-state index in [4.69, 9.17) is 4.74 Å². The van der Waals surface area contributed by atoms with Gasteiger partial charge in [-0.05, 0) is 26.0 Å². The molecular weight excluding hydrogens is 364 g/mol. The van der Waals surface area contributed by atoms with Crippen molar-refractivity contribution < 1.29 is 19.2 Å². The van der Waals surface area contributed by atoms with Gasteiger partial charge in [-0.1, -0.05) is 0 Å². The summed E-state index contributed by atoms with van der Waals surface area (Å²) >= 11 is 0. The predicted octanol–water partition coefficient (Wildman–Crippen LogP) is 0.952. The number of carbonyl (C=O) groups is 2. The lowest BCUT2D eigenvalue weighted by Gasteiger charge is -2.31. The number of nitrogens with zero attached hydrogens (tertiary/aromatic N) is 3. The van der Waals surface area contributed by atoms with Crippen LogP contribution in [0.15, 0.2) is 18.2 Å². The molecule has 2 aliphatic rings. The van der Waals surface area contributed by atoms with Crippen LogP contribution in [0.1, 0.15) is 12.8 Å². The maximum Gasteiger partial charge on any atom is 0.271 e. The highest BCUT2D eigenvalue weighted by Crippen LogP contribution is 2.35. The summed E-state index contributed by atoms with van der Waals surface area (Å²) in [5.74, 6) is -0.178. The van der Waals surface area contributed by atoms with E-state index in [-0.39, 0.29) is 54.8 Å². The minimum Gasteiger partial charge on any atom is -0.482 e. The number of fused-ring (bicyclic) bond motifs is 1. The van der Waals surface area contributed by atoms with E-state index in [1.165, 1.54) is 23.1 Å². The largest absolute Gasteiger partial charge is 0.482 e. The van der Waals surface area contributed by atoms with Crippen LogP contribution in [0.2, 0.25) is 0 Å². The molecule has 0 radical (unpaired) electrons. The van der Waals surface area contributed by atoms with Gasteiger partial charge in [0, 0.05) is 31.3 Å². The summed E-state index contributed by atoms with van der Waals surface area (Å²) in [4.78, 5) is 38.5. The number of benzene rings is 1. The Balaban J connectivity index is 0.00000243. The monoisotopic (exact) mass is 384 g/mol. The average Bonchev–Trinajstić information content (AvgIpc) is 3.05. The molecule has 9 nitrogen and oxygen atoms in total. The first-order valence-electron chi connectivity index (χ1n) is 8.17. The van der Waals surface area contributed by atoms with Gasteiger partial charge in [0.25, 0.3) is 11.6 Å². The van der Waals surface area contributed by atoms with Gasteiger partial charge >= 0.3 is 0 Å². The third kappa shape index (κ3) is 3.88. The first-order valence-corrected chi connectivity index (χ1v) is 8.17. The van der Waals surface area contributed by atoms with Crippen LogP contribution in [0.3, 0.4) is 0 Å². The number of nitro benzene ring substituents is 1. The zero-order valence-electron chi connectivity index (χ0n) is 14.3. The summed E-state index contributed by atoms with van der Waals surface area (Å²) in [5.41, 5.74) is 0.117. The number of rotatable bonds is 5. The van der Waals surface area contributed by atoms with Crippen molar-refractivity contribution in [3.8, 4) is 5.75 Å². The number of nitro groups is 1. The first kappa shape index (κ1) is 19.9. The lowest BCUT2D eigenvalue weighted by atomic mass is 10.2. The number of amides is 2. The molecule has 0 saturated carbocycles. The van der Waals surface area contributed by atoms with E-state index in [1.807, 2.05) is 7.05 Å². The van der Waals surface area contributed by atoms with E-state index >= 15 is 0 Å². The van der Waals surface area contributed by atoms with Gasteiger partial charge in [0.05, 0.1) is 10.6 Å². The Morgan fingerprint density at radius 2 is 2.23 bits per heavy atom. The van der Waals surface area contributed by atoms with Crippen molar-refractivity contribution in [2.45, 2.75) is 18.9 Å². The van der Waals surface area contributed by atoms with E-state index in [9.17, 15) is 19.7 Å². The molecular formula is C16H21ClN4O5. The summed E-state index contributed by atoms with van der Waals surface area (Å²) in [7, 11) is 1.84. The molecule has 0 aliphatic carbocycles. The average molecular weight is 385 g/mol. The molecule has 0 spiro atoms. The Labute approximate surface area is 156 Å². The summed E-state index contributed by atoms with van der Waals surface area (Å²) < 4.78 is 5.32. The van der Waals surface area contributed by atoms with E-state index in [2.05, 4.69) is 5.32 Å². The topological polar surface area (TPSA) is 105 Å². The van der Waals surface area contributed by atoms with Gasteiger partial charge in [-0.25, -0.2) is 0 Å². The standard InChI is InChI=1S/C16H20N4O5.ClH/c1-17-8-12-3-2-6-18(12)15(21)9-19-13-7-11(20(23)24)4-5-14(13)25-10-16(19)22;/h4-5,7,12,17H,2-3,6,8-10H2,1H3;1H. The molecule has 2 amide bonds. The number of likely N-dealkylation sites (tertiary alicyclic amines) is 1. The first-order chi connectivity index (χ1) is 12.0. The Hall–Kier alpha value is -2.39. The van der Waals surface area contributed by atoms with Crippen LogP contribution in [0.25, 0.3) is 0 Å². The molecule has 10 heteroatoms. The molecule has 1 saturated heterocycles. The zero-order valence-corrected chi connectivity index (χ0v) is 15.2. The normalized spacial score (nSPS) is 18.8. The second kappa shape index (κ2) is 8.33. The SMILES string of the molecule is CNCC1CCCN1C(=O)CN1C(=O)COc2ccc([N+](=O)[O-])cc21.Cl. The van der Waals surface area contributed by atoms with Crippen molar-refractivity contribution in [1.29, 1.82) is 0 Å². The van der Waals surface area contributed by atoms with Gasteiger partial charge in [0.2, 0.25) is 5.91 Å². The number of ether oxygens (including phenoxy) is 1. The number of hydrogen-bond acceptors (Lipinski definition) is 6. The molecule has 0 aromatic heterocycles. The van der Waals surface area contributed by atoms with Gasteiger partial charge in [0.1, 0.15) is 12.3 Å². The van der Waals surface area contributed by atoms with Gasteiger partial charge < -0.3 is 15.0 Å². The number of non-ortho nitro benzene ring substituents is 1. The van der Waals surface area contributed by atoms with Gasteiger partial charge in [-0.3, -0.25) is 24.6 Å². The minimum absolute atomic E-state index is 0. The Kier molecular flexibility index (Phi) is 6.38. The molecule has 142 valence electrons. The van der Waals surface area contributed by atoms with E-state index in [0.29, 0.717) is 18.8 Å². The van der Waals surface area contributed by atoms with Crippen molar-refractivity contribution >= 4 is 35.6 Å². The molecule has 1 atom stereocenters. The van der Waals surface area contributed by atoms with Crippen LogP contribution in [0.5, 0.6) is 5.75 Å². The predicted molar refractivity (Wildman–Crippen MR) is 96.9 cm³/mol. The van der Waals surface area contributed by atoms with Crippen LogP contribution in [-0.4, -0.2) is 61.0 Å². The van der Waals surface area contributed by atoms with Crippen molar-refractivity contribution in [2.75, 3.05) is 38.2 Å². The third-order valence-corrected chi connectivity index (χ3v) is 4.53. The number of nitrogens with one attached hydrogen (secondary N) is 1. The Morgan fingerprint density at radius 3 is 2.92 bits per heavy atom. The second-order valence-electron chi connectivity index (χ2n) is 6.12. The quantitative estimate of drug-likeness (QED) is 0.598. The summed E-state index contributed by atoms with van der Waals surface area (Å²) in [5, 5.41) is 14.1. The smallest absolute Gasteiger partial charge is 0.271 e. The molecule has 2 heterocycles. The molecule has 1 N–H and O–H groups in total. The van der Waals surface area contributed by atoms with E-state index in [1.54, 1.807) is 4.90 Å². The second-order valence-corrected chi connectivity index (χ2v) is 6.12. The van der Waals surface area contributed by atoms with Gasteiger partial charge in [0.15, 0.2) is 6.61 Å². The Bertz CT molecular complexity index is 714. The van der Waals surface area contributed by atoms with Crippen LogP contribution in [0.4, 0.5) is 11.4 Å². The van der Waals surface area contributed by atoms with Crippen LogP contribution in [0, 0.1) is 10.1 Å². The lowest BCUT2D eigenvalue weighted by molar-refractivity contribution is -0.384. The lowest BCUT2D eigenvalue weighted by Crippen LogP contribution is -2.49. The molecule has 1 aromatic carbocycles. The number of likely N-dealkylation sites (N-methyl/N-ethyl adjacent to an activating group) is 1. The fourth-order valence-electron chi connectivity index (χ4n) is 3.32. The molecule has 1 fully saturated rings. The van der Waals surface area contributed by atoms with Gasteiger partial charge in [-0.15, -0.1) is 12.4 Å². The Morgan fingerprint density at radius 1 is 1.46 bits per heavy atom. The van der Waals surface area contributed by atoms with Crippen molar-refractivity contribution in [3.05, 3.63) is 28.3 Å². The highest BCUT2D eigenvalue weighted by Gasteiger charge is 2.33. The fraction of sp³-hybridized carbons (Fsp3) is 0.500. The molecule has 26 heavy (non-hydrogen) atoms. The summed E-state index contributed by atoms with van der Waals surface area (Å²) in [6, 6.07) is 4.15. The summed E-state index contributed by atoms with van der Waals surface area (Å²) in [6.07, 6.45) is 1.85. The molecule has 1 unspecified atom stereocenters. The van der Waals surface area contributed by atoms with E-state index in [0.717, 1.165) is 12.8 Å². The van der Waals surface area contributed by atoms with Crippen LogP contribution in [-0.2, 0) is 9.59 Å². The fourth-order valence-corrected chi connectivity index (χ4v) is 3.32. The van der Waals surface area contributed by atoms with Crippen LogP contribution < -0.4 is 15.0 Å². The van der Waals surface area contributed by atoms with Gasteiger partial charge in [-0.2, -0.15) is 0 Å². The number of hydrogen-bond donors (Lipinski definition) is 1. The molecule has 1 aromatic rings. The maximum absolute atomic E-state index is 12.7. The highest BCUT2D eigenvalue weighted by atomic mass is 35.5. The maximum atomic E-state index is 12.7. The number of anilines is 1. The molecule has 2 aliphatic heterocycles. The summed E-state index contributed by atoms with van der Waals surface area (Å²) in [6.45, 7) is 1.03. The number of halogens is 1. The molecule has 0 bridgehead atoms.